The molecule has 0 aliphatic carbocycles. The maximum atomic E-state index is 12.7. The van der Waals surface area contributed by atoms with Crippen LogP contribution in [-0.4, -0.2) is 48.9 Å². The molecule has 5 nitrogen and oxygen atoms in total. The van der Waals surface area contributed by atoms with E-state index >= 15 is 0 Å². The minimum absolute atomic E-state index is 0.00235. The monoisotopic (exact) mass is 301 g/mol. The molecule has 0 radical (unpaired) electrons. The lowest BCUT2D eigenvalue weighted by Crippen LogP contribution is -2.41. The lowest BCUT2D eigenvalue weighted by atomic mass is 10.1. The molecular formula is C17H23N3O2. The molecule has 2 aliphatic heterocycles. The van der Waals surface area contributed by atoms with Gasteiger partial charge in [-0.2, -0.15) is 0 Å². The Kier molecular flexibility index (Phi) is 4.43. The molecule has 5 heteroatoms. The van der Waals surface area contributed by atoms with E-state index in [1.807, 2.05) is 35.2 Å². The zero-order valence-electron chi connectivity index (χ0n) is 13.0. The summed E-state index contributed by atoms with van der Waals surface area (Å²) in [5.41, 5.74) is 0.990. The van der Waals surface area contributed by atoms with E-state index in [1.54, 1.807) is 6.92 Å². The Morgan fingerprint density at radius 1 is 1.23 bits per heavy atom. The fraction of sp³-hybridized carbons (Fsp3) is 0.529. The van der Waals surface area contributed by atoms with Crippen molar-refractivity contribution in [2.45, 2.75) is 25.8 Å². The van der Waals surface area contributed by atoms with Gasteiger partial charge in [0.2, 0.25) is 11.8 Å². The van der Waals surface area contributed by atoms with E-state index in [0.29, 0.717) is 5.92 Å². The Labute approximate surface area is 131 Å². The molecule has 0 bridgehead atoms. The summed E-state index contributed by atoms with van der Waals surface area (Å²) >= 11 is 0. The molecule has 22 heavy (non-hydrogen) atoms. The smallest absolute Gasteiger partial charge is 0.244 e. The van der Waals surface area contributed by atoms with Crippen molar-refractivity contribution < 1.29 is 9.59 Å². The Balaban J connectivity index is 1.58. The molecule has 2 fully saturated rings. The Bertz CT molecular complexity index is 546. The molecule has 2 heterocycles. The maximum Gasteiger partial charge on any atom is 0.244 e. The van der Waals surface area contributed by atoms with E-state index in [1.165, 1.54) is 0 Å². The SMILES string of the molecule is CC(=O)NC[C@@H]1CCN([C@H]2CCN(c3ccccc3)C2=O)C1. The summed E-state index contributed by atoms with van der Waals surface area (Å²) in [4.78, 5) is 27.9. The van der Waals surface area contributed by atoms with Crippen molar-refractivity contribution in [3.63, 3.8) is 0 Å². The van der Waals surface area contributed by atoms with Gasteiger partial charge in [0.15, 0.2) is 0 Å². The van der Waals surface area contributed by atoms with Crippen molar-refractivity contribution in [3.05, 3.63) is 30.3 Å². The van der Waals surface area contributed by atoms with E-state index in [4.69, 9.17) is 0 Å². The predicted molar refractivity (Wildman–Crippen MR) is 85.6 cm³/mol. The number of carbonyl (C=O) groups is 2. The van der Waals surface area contributed by atoms with Gasteiger partial charge in [-0.15, -0.1) is 0 Å². The second kappa shape index (κ2) is 6.48. The van der Waals surface area contributed by atoms with Gasteiger partial charge in [-0.3, -0.25) is 14.5 Å². The van der Waals surface area contributed by atoms with Crippen LogP contribution < -0.4 is 10.2 Å². The minimum atomic E-state index is 0.00235. The minimum Gasteiger partial charge on any atom is -0.356 e. The first-order valence-electron chi connectivity index (χ1n) is 8.00. The highest BCUT2D eigenvalue weighted by molar-refractivity contribution is 5.99. The van der Waals surface area contributed by atoms with Gasteiger partial charge in [0.25, 0.3) is 0 Å². The fourth-order valence-electron chi connectivity index (χ4n) is 3.47. The van der Waals surface area contributed by atoms with Gasteiger partial charge in [-0.05, 0) is 37.4 Å². The van der Waals surface area contributed by atoms with Gasteiger partial charge in [0.1, 0.15) is 0 Å². The molecule has 2 saturated heterocycles. The van der Waals surface area contributed by atoms with Crippen molar-refractivity contribution in [3.8, 4) is 0 Å². The van der Waals surface area contributed by atoms with Gasteiger partial charge < -0.3 is 10.2 Å². The standard InChI is InChI=1S/C17H23N3O2/c1-13(21)18-11-14-7-9-19(12-14)16-8-10-20(17(16)22)15-5-3-2-4-6-15/h2-6,14,16H,7-12H2,1H3,(H,18,21)/t14-,16-/m0/s1. The van der Waals surface area contributed by atoms with Crippen LogP contribution in [0.25, 0.3) is 0 Å². The molecule has 1 aromatic rings. The van der Waals surface area contributed by atoms with Crippen LogP contribution in [0.1, 0.15) is 19.8 Å². The number of hydrogen-bond acceptors (Lipinski definition) is 3. The maximum absolute atomic E-state index is 12.7. The highest BCUT2D eigenvalue weighted by Gasteiger charge is 2.39. The third kappa shape index (κ3) is 3.14. The summed E-state index contributed by atoms with van der Waals surface area (Å²) in [6.07, 6.45) is 1.94. The quantitative estimate of drug-likeness (QED) is 0.910. The number of para-hydroxylation sites is 1. The molecule has 0 spiro atoms. The van der Waals surface area contributed by atoms with Gasteiger partial charge >= 0.3 is 0 Å². The Morgan fingerprint density at radius 2 is 2.00 bits per heavy atom. The number of carbonyl (C=O) groups excluding carboxylic acids is 2. The summed E-state index contributed by atoms with van der Waals surface area (Å²) in [6, 6.07) is 9.88. The molecule has 2 atom stereocenters. The number of nitrogens with one attached hydrogen (secondary N) is 1. The van der Waals surface area contributed by atoms with Crippen LogP contribution in [0.15, 0.2) is 30.3 Å². The first-order valence-corrected chi connectivity index (χ1v) is 8.00. The van der Waals surface area contributed by atoms with E-state index in [-0.39, 0.29) is 17.9 Å². The number of benzene rings is 1. The molecule has 3 rings (SSSR count). The van der Waals surface area contributed by atoms with Crippen molar-refractivity contribution in [2.75, 3.05) is 31.1 Å². The summed E-state index contributed by atoms with van der Waals surface area (Å²) < 4.78 is 0. The lowest BCUT2D eigenvalue weighted by Gasteiger charge is -2.23. The van der Waals surface area contributed by atoms with Crippen molar-refractivity contribution in [2.24, 2.45) is 5.92 Å². The summed E-state index contributed by atoms with van der Waals surface area (Å²) in [5.74, 6) is 0.694. The zero-order chi connectivity index (χ0) is 15.5. The summed E-state index contributed by atoms with van der Waals surface area (Å²) in [7, 11) is 0. The van der Waals surface area contributed by atoms with Gasteiger partial charge in [0.05, 0.1) is 6.04 Å². The fourth-order valence-corrected chi connectivity index (χ4v) is 3.47. The van der Waals surface area contributed by atoms with Gasteiger partial charge in [-0.25, -0.2) is 0 Å². The number of rotatable bonds is 4. The molecule has 0 aromatic heterocycles. The molecule has 1 aromatic carbocycles. The highest BCUT2D eigenvalue weighted by Crippen LogP contribution is 2.27. The summed E-state index contributed by atoms with van der Waals surface area (Å²) in [6.45, 7) is 4.91. The third-order valence-corrected chi connectivity index (χ3v) is 4.64. The molecule has 0 saturated carbocycles. The van der Waals surface area contributed by atoms with Crippen LogP contribution in [-0.2, 0) is 9.59 Å². The summed E-state index contributed by atoms with van der Waals surface area (Å²) in [5, 5.41) is 2.88. The first kappa shape index (κ1) is 15.0. The number of nitrogens with zero attached hydrogens (tertiary/aromatic N) is 2. The topological polar surface area (TPSA) is 52.7 Å². The van der Waals surface area contributed by atoms with Gasteiger partial charge in [0, 0.05) is 32.2 Å². The molecule has 0 unspecified atom stereocenters. The normalized spacial score (nSPS) is 25.7. The average Bonchev–Trinajstić information content (AvgIpc) is 3.12. The predicted octanol–water partition coefficient (Wildman–Crippen LogP) is 1.25. The molecular weight excluding hydrogens is 278 g/mol. The molecule has 1 N–H and O–H groups in total. The van der Waals surface area contributed by atoms with Crippen LogP contribution in [0, 0.1) is 5.92 Å². The Hall–Kier alpha value is -1.88. The second-order valence-electron chi connectivity index (χ2n) is 6.22. The van der Waals surface area contributed by atoms with E-state index in [0.717, 1.165) is 44.7 Å². The third-order valence-electron chi connectivity index (χ3n) is 4.64. The molecule has 2 aliphatic rings. The largest absolute Gasteiger partial charge is 0.356 e. The highest BCUT2D eigenvalue weighted by atomic mass is 16.2. The van der Waals surface area contributed by atoms with E-state index < -0.39 is 0 Å². The first-order chi connectivity index (χ1) is 10.6. The second-order valence-corrected chi connectivity index (χ2v) is 6.22. The lowest BCUT2D eigenvalue weighted by molar-refractivity contribution is -0.121. The van der Waals surface area contributed by atoms with Crippen LogP contribution in [0.2, 0.25) is 0 Å². The van der Waals surface area contributed by atoms with Crippen LogP contribution in [0.3, 0.4) is 0 Å². The number of hydrogen-bond donors (Lipinski definition) is 1. The number of anilines is 1. The molecule has 118 valence electrons. The number of likely N-dealkylation sites (tertiary alicyclic amines) is 1. The van der Waals surface area contributed by atoms with E-state index in [9.17, 15) is 9.59 Å². The number of amides is 2. The van der Waals surface area contributed by atoms with Gasteiger partial charge in [-0.1, -0.05) is 18.2 Å². The van der Waals surface area contributed by atoms with E-state index in [2.05, 4.69) is 10.2 Å². The molecule has 2 amide bonds. The van der Waals surface area contributed by atoms with Crippen molar-refractivity contribution in [1.29, 1.82) is 0 Å². The van der Waals surface area contributed by atoms with Crippen LogP contribution >= 0.6 is 0 Å². The average molecular weight is 301 g/mol. The Morgan fingerprint density at radius 3 is 2.73 bits per heavy atom. The van der Waals surface area contributed by atoms with Crippen LogP contribution in [0.5, 0.6) is 0 Å². The zero-order valence-corrected chi connectivity index (χ0v) is 13.0. The van der Waals surface area contributed by atoms with Crippen LogP contribution in [0.4, 0.5) is 5.69 Å². The van der Waals surface area contributed by atoms with Crippen molar-refractivity contribution in [1.82, 2.24) is 10.2 Å². The van der Waals surface area contributed by atoms with Crippen molar-refractivity contribution >= 4 is 17.5 Å².